The molecule has 17 nitrogen and oxygen atoms in total. The highest BCUT2D eigenvalue weighted by Crippen LogP contribution is 2.45. The lowest BCUT2D eigenvalue weighted by molar-refractivity contribution is -0.161. The van der Waals surface area contributed by atoms with Crippen molar-refractivity contribution in [2.75, 3.05) is 39.6 Å². The largest absolute Gasteiger partial charge is 0.472 e. The summed E-state index contributed by atoms with van der Waals surface area (Å²) in [5.74, 6) is -2.13. The Morgan fingerprint density at radius 3 is 0.730 bits per heavy atom. The molecule has 0 fully saturated rings. The molecule has 3 N–H and O–H groups in total. The van der Waals surface area contributed by atoms with Crippen LogP contribution in [-0.4, -0.2) is 96.7 Å². The molecule has 19 heteroatoms. The van der Waals surface area contributed by atoms with Crippen LogP contribution in [-0.2, 0) is 65.4 Å². The summed E-state index contributed by atoms with van der Waals surface area (Å²) in [4.78, 5) is 73.0. The molecule has 0 amide bonds. The zero-order chi connectivity index (χ0) is 73.2. The van der Waals surface area contributed by atoms with Gasteiger partial charge in [0.25, 0.3) is 0 Å². The van der Waals surface area contributed by atoms with E-state index in [1.54, 1.807) is 0 Å². The van der Waals surface area contributed by atoms with Gasteiger partial charge in [-0.05, 0) is 51.4 Å². The van der Waals surface area contributed by atoms with Crippen LogP contribution in [0.4, 0.5) is 0 Å². The number of hydrogen-bond acceptors (Lipinski definition) is 15. The second-order valence-corrected chi connectivity index (χ2v) is 31.4. The zero-order valence-corrected chi connectivity index (χ0v) is 66.5. The third-order valence-corrected chi connectivity index (χ3v) is 20.4. The second kappa shape index (κ2) is 74.8. The lowest BCUT2D eigenvalue weighted by Crippen LogP contribution is -2.30. The maximum atomic E-state index is 13.1. The standard InChI is InChI=1S/C81H154O17P2/c1-5-9-13-17-21-25-29-33-35-36-37-38-39-41-44-48-52-56-60-64-68-81(86)98-77(72-92-79(84)66-62-58-54-50-46-43-40-34-30-26-22-18-14-10-6-2)74-96-100(89,90)94-70-75(82)69-93-99(87,88)95-73-76(71-91-78(83)65-61-57-53-49-45-32-28-24-20-16-12-8-4)97-80(85)67-63-59-55-51-47-42-31-27-23-19-15-11-7-3/h26,30,34,40,75-77,82H,5-25,27-29,31-33,35-39,41-74H2,1-4H3,(H,87,88)(H,89,90)/b30-26-,40-34-/t75-,76+,77+/m0/s1. The average Bonchev–Trinajstić information content (AvgIpc) is 0.944. The van der Waals surface area contributed by atoms with Crippen LogP contribution in [0.1, 0.15) is 413 Å². The highest BCUT2D eigenvalue weighted by molar-refractivity contribution is 7.47. The van der Waals surface area contributed by atoms with Crippen molar-refractivity contribution in [3.8, 4) is 0 Å². The van der Waals surface area contributed by atoms with Gasteiger partial charge >= 0.3 is 39.5 Å². The Bertz CT molecular complexity index is 1990. The third-order valence-electron chi connectivity index (χ3n) is 18.5. The number of aliphatic hydroxyl groups excluding tert-OH is 1. The van der Waals surface area contributed by atoms with Gasteiger partial charge < -0.3 is 33.8 Å². The predicted molar refractivity (Wildman–Crippen MR) is 409 cm³/mol. The zero-order valence-electron chi connectivity index (χ0n) is 64.7. The molecular formula is C81H154O17P2. The summed E-state index contributed by atoms with van der Waals surface area (Å²) in [5.41, 5.74) is 0. The SMILES string of the molecule is CCCCCC/C=C\C=C/CCCCCCCC(=O)OC[C@H](COP(=O)(O)OC[C@@H](O)COP(=O)(O)OC[C@@H](COC(=O)CCCCCCCCCCCCCC)OC(=O)CCCCCCCCCCCCCCC)OC(=O)CCCCCCCCCCCCCCCCCCCCCC. The van der Waals surface area contributed by atoms with E-state index in [-0.39, 0.29) is 25.7 Å². The van der Waals surface area contributed by atoms with E-state index in [0.29, 0.717) is 25.7 Å². The van der Waals surface area contributed by atoms with Gasteiger partial charge in [-0.2, -0.15) is 0 Å². The van der Waals surface area contributed by atoms with E-state index < -0.39 is 97.5 Å². The highest BCUT2D eigenvalue weighted by atomic mass is 31.2. The van der Waals surface area contributed by atoms with Gasteiger partial charge in [0.05, 0.1) is 26.4 Å². The Morgan fingerprint density at radius 1 is 0.280 bits per heavy atom. The quantitative estimate of drug-likeness (QED) is 0.0169. The van der Waals surface area contributed by atoms with Gasteiger partial charge in [-0.3, -0.25) is 37.3 Å². The van der Waals surface area contributed by atoms with Crippen molar-refractivity contribution in [1.82, 2.24) is 0 Å². The molecule has 0 spiro atoms. The molecule has 0 saturated carbocycles. The number of allylic oxidation sites excluding steroid dienone is 4. The van der Waals surface area contributed by atoms with Gasteiger partial charge in [0.2, 0.25) is 0 Å². The fourth-order valence-corrected chi connectivity index (χ4v) is 13.7. The predicted octanol–water partition coefficient (Wildman–Crippen LogP) is 24.1. The molecule has 0 radical (unpaired) electrons. The maximum Gasteiger partial charge on any atom is 0.472 e. The molecule has 590 valence electrons. The van der Waals surface area contributed by atoms with Crippen LogP contribution >= 0.6 is 15.6 Å². The van der Waals surface area contributed by atoms with Crippen LogP contribution in [0.25, 0.3) is 0 Å². The van der Waals surface area contributed by atoms with Crippen molar-refractivity contribution in [3.05, 3.63) is 24.3 Å². The smallest absolute Gasteiger partial charge is 0.462 e. The van der Waals surface area contributed by atoms with Crippen molar-refractivity contribution in [2.24, 2.45) is 0 Å². The number of carbonyl (C=O) groups excluding carboxylic acids is 4. The number of aliphatic hydroxyl groups is 1. The van der Waals surface area contributed by atoms with Gasteiger partial charge in [-0.25, -0.2) is 9.13 Å². The molecule has 0 aromatic rings. The summed E-state index contributed by atoms with van der Waals surface area (Å²) >= 11 is 0. The van der Waals surface area contributed by atoms with E-state index in [0.717, 1.165) is 109 Å². The first-order chi connectivity index (χ1) is 48.7. The minimum atomic E-state index is -4.97. The Labute approximate surface area is 612 Å². The number of phosphoric acid groups is 2. The van der Waals surface area contributed by atoms with Crippen LogP contribution in [0.15, 0.2) is 24.3 Å². The van der Waals surface area contributed by atoms with Crippen molar-refractivity contribution >= 4 is 39.5 Å². The van der Waals surface area contributed by atoms with E-state index in [1.165, 1.54) is 225 Å². The van der Waals surface area contributed by atoms with Crippen LogP contribution in [0.2, 0.25) is 0 Å². The van der Waals surface area contributed by atoms with Crippen molar-refractivity contribution < 1.29 is 80.2 Å². The number of esters is 4. The fourth-order valence-electron chi connectivity index (χ4n) is 12.1. The lowest BCUT2D eigenvalue weighted by atomic mass is 10.0. The summed E-state index contributed by atoms with van der Waals surface area (Å²) in [7, 11) is -9.93. The Kier molecular flexibility index (Phi) is 73.0. The molecule has 2 unspecified atom stereocenters. The summed E-state index contributed by atoms with van der Waals surface area (Å²) in [6, 6.07) is 0. The van der Waals surface area contributed by atoms with Crippen LogP contribution in [0, 0.1) is 0 Å². The summed E-state index contributed by atoms with van der Waals surface area (Å²) in [5, 5.41) is 10.6. The molecule has 0 aromatic heterocycles. The van der Waals surface area contributed by atoms with Crippen LogP contribution in [0.5, 0.6) is 0 Å². The number of carbonyl (C=O) groups is 4. The second-order valence-electron chi connectivity index (χ2n) is 28.5. The van der Waals surface area contributed by atoms with E-state index in [9.17, 15) is 43.2 Å². The van der Waals surface area contributed by atoms with E-state index in [2.05, 4.69) is 52.0 Å². The maximum absolute atomic E-state index is 13.1. The molecule has 100 heavy (non-hydrogen) atoms. The molecule has 0 aromatic carbocycles. The molecule has 0 aliphatic heterocycles. The molecule has 0 saturated heterocycles. The van der Waals surface area contributed by atoms with Crippen LogP contribution < -0.4 is 0 Å². The van der Waals surface area contributed by atoms with Gasteiger partial charge in [-0.1, -0.05) is 360 Å². The minimum Gasteiger partial charge on any atom is -0.462 e. The summed E-state index contributed by atoms with van der Waals surface area (Å²) in [6.45, 7) is 4.96. The number of ether oxygens (including phenoxy) is 4. The van der Waals surface area contributed by atoms with Gasteiger partial charge in [-0.15, -0.1) is 0 Å². The van der Waals surface area contributed by atoms with E-state index >= 15 is 0 Å². The number of phosphoric ester groups is 2. The van der Waals surface area contributed by atoms with E-state index in [1.807, 2.05) is 0 Å². The summed E-state index contributed by atoms with van der Waals surface area (Å²) < 4.78 is 68.7. The Balaban J connectivity index is 5.27. The first-order valence-electron chi connectivity index (χ1n) is 41.6. The molecule has 5 atom stereocenters. The van der Waals surface area contributed by atoms with Crippen molar-refractivity contribution in [1.29, 1.82) is 0 Å². The number of hydrogen-bond donors (Lipinski definition) is 3. The van der Waals surface area contributed by atoms with Crippen LogP contribution in [0.3, 0.4) is 0 Å². The molecular weight excluding hydrogens is 1310 g/mol. The third kappa shape index (κ3) is 73.8. The van der Waals surface area contributed by atoms with Gasteiger partial charge in [0, 0.05) is 25.7 Å². The van der Waals surface area contributed by atoms with Gasteiger partial charge in [0.1, 0.15) is 19.3 Å². The minimum absolute atomic E-state index is 0.102. The molecule has 0 aliphatic carbocycles. The molecule has 0 aliphatic rings. The lowest BCUT2D eigenvalue weighted by Gasteiger charge is -2.21. The number of rotatable bonds is 80. The normalized spacial score (nSPS) is 13.9. The Morgan fingerprint density at radius 2 is 0.480 bits per heavy atom. The molecule has 0 bridgehead atoms. The van der Waals surface area contributed by atoms with Crippen molar-refractivity contribution in [2.45, 2.75) is 431 Å². The monoisotopic (exact) mass is 1460 g/mol. The Hall–Kier alpha value is -2.46. The highest BCUT2D eigenvalue weighted by Gasteiger charge is 2.30. The fraction of sp³-hybridized carbons (Fsp3) is 0.901. The molecule has 0 rings (SSSR count). The molecule has 0 heterocycles. The first-order valence-corrected chi connectivity index (χ1v) is 44.6. The summed E-state index contributed by atoms with van der Waals surface area (Å²) in [6.07, 6.45) is 70.1. The van der Waals surface area contributed by atoms with Crippen molar-refractivity contribution in [3.63, 3.8) is 0 Å². The number of unbranched alkanes of at least 4 members (excludes halogenated alkanes) is 51. The van der Waals surface area contributed by atoms with E-state index in [4.69, 9.17) is 37.0 Å². The van der Waals surface area contributed by atoms with Gasteiger partial charge in [0.15, 0.2) is 12.2 Å². The topological polar surface area (TPSA) is 237 Å². The first kappa shape index (κ1) is 97.5. The average molecular weight is 1460 g/mol.